The van der Waals surface area contributed by atoms with E-state index >= 15 is 0 Å². The van der Waals surface area contributed by atoms with Gasteiger partial charge in [0.1, 0.15) is 0 Å². The van der Waals surface area contributed by atoms with E-state index in [1.54, 1.807) is 0 Å². The van der Waals surface area contributed by atoms with Gasteiger partial charge < -0.3 is 5.32 Å². The first kappa shape index (κ1) is 15.2. The molecule has 0 aliphatic rings. The molecule has 1 aromatic carbocycles. The molecule has 0 aliphatic heterocycles. The molecule has 2 atom stereocenters. The molecule has 0 heterocycles. The average Bonchev–Trinajstić information content (AvgIpc) is 2.32. The summed E-state index contributed by atoms with van der Waals surface area (Å²) in [6.07, 6.45) is 5.08. The zero-order valence-corrected chi connectivity index (χ0v) is 12.5. The van der Waals surface area contributed by atoms with Crippen LogP contribution in [-0.4, -0.2) is 12.6 Å². The lowest BCUT2D eigenvalue weighted by Crippen LogP contribution is -2.32. The van der Waals surface area contributed by atoms with E-state index < -0.39 is 0 Å². The minimum absolute atomic E-state index is 0.624. The van der Waals surface area contributed by atoms with Crippen molar-refractivity contribution in [2.24, 2.45) is 5.92 Å². The summed E-state index contributed by atoms with van der Waals surface area (Å²) in [5.74, 6) is 0.824. The highest BCUT2D eigenvalue weighted by atomic mass is 14.9. The van der Waals surface area contributed by atoms with Crippen molar-refractivity contribution in [2.45, 2.75) is 59.4 Å². The SMILES string of the molecule is CCCC(C)CC(Cc1ccc(C)cc1)NCC. The number of hydrogen-bond donors (Lipinski definition) is 1. The zero-order valence-electron chi connectivity index (χ0n) is 12.5. The van der Waals surface area contributed by atoms with Crippen LogP contribution < -0.4 is 5.32 Å². The number of hydrogen-bond acceptors (Lipinski definition) is 1. The van der Waals surface area contributed by atoms with Crippen LogP contribution in [0.5, 0.6) is 0 Å². The fourth-order valence-corrected chi connectivity index (χ4v) is 2.63. The van der Waals surface area contributed by atoms with Gasteiger partial charge in [0.05, 0.1) is 0 Å². The predicted molar refractivity (Wildman–Crippen MR) is 81.0 cm³/mol. The smallest absolute Gasteiger partial charge is 0.0110 e. The van der Waals surface area contributed by atoms with Crippen LogP contribution in [-0.2, 0) is 6.42 Å². The summed E-state index contributed by atoms with van der Waals surface area (Å²) in [6, 6.07) is 9.59. The van der Waals surface area contributed by atoms with Gasteiger partial charge >= 0.3 is 0 Å². The normalized spacial score (nSPS) is 14.4. The zero-order chi connectivity index (χ0) is 13.4. The van der Waals surface area contributed by atoms with E-state index in [-0.39, 0.29) is 0 Å². The molecule has 1 nitrogen and oxygen atoms in total. The lowest BCUT2D eigenvalue weighted by Gasteiger charge is -2.22. The molecule has 1 rings (SSSR count). The molecular formula is C17H29N. The summed E-state index contributed by atoms with van der Waals surface area (Å²) < 4.78 is 0. The van der Waals surface area contributed by atoms with Crippen LogP contribution in [0.15, 0.2) is 24.3 Å². The fraction of sp³-hybridized carbons (Fsp3) is 0.647. The van der Waals surface area contributed by atoms with Crippen LogP contribution in [0.25, 0.3) is 0 Å². The molecule has 0 fully saturated rings. The van der Waals surface area contributed by atoms with Gasteiger partial charge in [-0.2, -0.15) is 0 Å². The van der Waals surface area contributed by atoms with E-state index in [1.807, 2.05) is 0 Å². The molecule has 0 saturated heterocycles. The number of benzene rings is 1. The van der Waals surface area contributed by atoms with Gasteiger partial charge in [-0.15, -0.1) is 0 Å². The molecule has 0 amide bonds. The minimum Gasteiger partial charge on any atom is -0.314 e. The lowest BCUT2D eigenvalue weighted by molar-refractivity contribution is 0.385. The van der Waals surface area contributed by atoms with Gasteiger partial charge in [0.2, 0.25) is 0 Å². The van der Waals surface area contributed by atoms with Crippen LogP contribution in [0, 0.1) is 12.8 Å². The van der Waals surface area contributed by atoms with Gasteiger partial charge in [0.25, 0.3) is 0 Å². The maximum absolute atomic E-state index is 3.64. The topological polar surface area (TPSA) is 12.0 Å². The molecule has 0 bridgehead atoms. The van der Waals surface area contributed by atoms with Crippen molar-refractivity contribution in [2.75, 3.05) is 6.54 Å². The molecule has 2 unspecified atom stereocenters. The lowest BCUT2D eigenvalue weighted by atomic mass is 9.93. The van der Waals surface area contributed by atoms with Gasteiger partial charge in [-0.05, 0) is 37.8 Å². The van der Waals surface area contributed by atoms with Gasteiger partial charge in [-0.25, -0.2) is 0 Å². The largest absolute Gasteiger partial charge is 0.314 e. The summed E-state index contributed by atoms with van der Waals surface area (Å²) in [4.78, 5) is 0. The predicted octanol–water partition coefficient (Wildman–Crippen LogP) is 4.34. The van der Waals surface area contributed by atoms with Crippen molar-refractivity contribution < 1.29 is 0 Å². The number of nitrogens with one attached hydrogen (secondary N) is 1. The average molecular weight is 247 g/mol. The molecule has 1 heteroatoms. The van der Waals surface area contributed by atoms with Crippen LogP contribution in [0.3, 0.4) is 0 Å². The monoisotopic (exact) mass is 247 g/mol. The first-order chi connectivity index (χ1) is 8.65. The van der Waals surface area contributed by atoms with Gasteiger partial charge in [0.15, 0.2) is 0 Å². The Balaban J connectivity index is 2.53. The van der Waals surface area contributed by atoms with Crippen molar-refractivity contribution in [3.63, 3.8) is 0 Å². The highest BCUT2D eigenvalue weighted by Gasteiger charge is 2.12. The Labute approximate surface area is 113 Å². The third kappa shape index (κ3) is 5.68. The van der Waals surface area contributed by atoms with E-state index in [4.69, 9.17) is 0 Å². The minimum atomic E-state index is 0.624. The summed E-state index contributed by atoms with van der Waals surface area (Å²) in [5.41, 5.74) is 2.80. The molecule has 18 heavy (non-hydrogen) atoms. The maximum Gasteiger partial charge on any atom is 0.0110 e. The van der Waals surface area contributed by atoms with E-state index in [2.05, 4.69) is 57.3 Å². The second kappa shape index (κ2) is 8.31. The molecule has 0 saturated carbocycles. The molecule has 102 valence electrons. The van der Waals surface area contributed by atoms with Crippen molar-refractivity contribution in [1.82, 2.24) is 5.32 Å². The Morgan fingerprint density at radius 3 is 2.33 bits per heavy atom. The molecule has 0 aromatic heterocycles. The summed E-state index contributed by atoms with van der Waals surface area (Å²) in [6.45, 7) is 10.1. The van der Waals surface area contributed by atoms with Crippen molar-refractivity contribution in [3.8, 4) is 0 Å². The Morgan fingerprint density at radius 2 is 1.78 bits per heavy atom. The van der Waals surface area contributed by atoms with Crippen LogP contribution in [0.2, 0.25) is 0 Å². The third-order valence-electron chi connectivity index (χ3n) is 3.56. The fourth-order valence-electron chi connectivity index (χ4n) is 2.63. The molecule has 0 spiro atoms. The van der Waals surface area contributed by atoms with Crippen LogP contribution >= 0.6 is 0 Å². The molecule has 0 aliphatic carbocycles. The summed E-state index contributed by atoms with van der Waals surface area (Å²) in [5, 5.41) is 3.64. The third-order valence-corrected chi connectivity index (χ3v) is 3.56. The van der Waals surface area contributed by atoms with Gasteiger partial charge in [0, 0.05) is 6.04 Å². The Morgan fingerprint density at radius 1 is 1.11 bits per heavy atom. The van der Waals surface area contributed by atoms with Crippen molar-refractivity contribution in [3.05, 3.63) is 35.4 Å². The second-order valence-corrected chi connectivity index (χ2v) is 5.57. The Bertz CT molecular complexity index is 315. The van der Waals surface area contributed by atoms with Gasteiger partial charge in [-0.3, -0.25) is 0 Å². The molecule has 0 radical (unpaired) electrons. The highest BCUT2D eigenvalue weighted by Crippen LogP contribution is 2.16. The van der Waals surface area contributed by atoms with Gasteiger partial charge in [-0.1, -0.05) is 63.4 Å². The molecular weight excluding hydrogens is 218 g/mol. The molecule has 1 aromatic rings. The first-order valence-corrected chi connectivity index (χ1v) is 7.44. The summed E-state index contributed by atoms with van der Waals surface area (Å²) >= 11 is 0. The first-order valence-electron chi connectivity index (χ1n) is 7.44. The maximum atomic E-state index is 3.64. The van der Waals surface area contributed by atoms with E-state index in [1.165, 1.54) is 30.4 Å². The number of aryl methyl sites for hydroxylation is 1. The van der Waals surface area contributed by atoms with Crippen LogP contribution in [0.4, 0.5) is 0 Å². The van der Waals surface area contributed by atoms with Crippen molar-refractivity contribution >= 4 is 0 Å². The van der Waals surface area contributed by atoms with E-state index in [9.17, 15) is 0 Å². The van der Waals surface area contributed by atoms with Crippen LogP contribution in [0.1, 0.15) is 51.2 Å². The highest BCUT2D eigenvalue weighted by molar-refractivity contribution is 5.22. The number of rotatable bonds is 8. The number of likely N-dealkylation sites (N-methyl/N-ethyl adjacent to an activating group) is 1. The second-order valence-electron chi connectivity index (χ2n) is 5.57. The quantitative estimate of drug-likeness (QED) is 0.720. The van der Waals surface area contributed by atoms with Crippen molar-refractivity contribution in [1.29, 1.82) is 0 Å². The van der Waals surface area contributed by atoms with E-state index in [0.717, 1.165) is 18.9 Å². The standard InChI is InChI=1S/C17H29N/c1-5-7-15(4)12-17(18-6-2)13-16-10-8-14(3)9-11-16/h8-11,15,17-18H,5-7,12-13H2,1-4H3. The Hall–Kier alpha value is -0.820. The van der Waals surface area contributed by atoms with E-state index in [0.29, 0.717) is 6.04 Å². The molecule has 1 N–H and O–H groups in total. The Kier molecular flexibility index (Phi) is 7.04. The summed E-state index contributed by atoms with van der Waals surface area (Å²) in [7, 11) is 0.